The summed E-state index contributed by atoms with van der Waals surface area (Å²) >= 11 is 5.96. The number of halogens is 2. The standard InChI is InChI=1S/C25H19ClFNO3/c26-19-6-3-17(4-7-19)21-13-18-5-10-23-22(24(18)31-25(21)29)14-28(15-30-23)12-11-16-1-8-20(27)9-2-16/h1-10,13H,11-12,14-15H2. The van der Waals surface area contributed by atoms with Crippen molar-refractivity contribution in [1.29, 1.82) is 0 Å². The van der Waals surface area contributed by atoms with Crippen molar-refractivity contribution in [3.05, 3.63) is 99.1 Å². The van der Waals surface area contributed by atoms with Gasteiger partial charge in [-0.25, -0.2) is 9.18 Å². The van der Waals surface area contributed by atoms with E-state index in [1.54, 1.807) is 36.4 Å². The minimum absolute atomic E-state index is 0.238. The van der Waals surface area contributed by atoms with Gasteiger partial charge in [-0.3, -0.25) is 4.90 Å². The molecular formula is C25H19ClFNO3. The summed E-state index contributed by atoms with van der Waals surface area (Å²) in [5.41, 5.74) is 3.33. The van der Waals surface area contributed by atoms with E-state index >= 15 is 0 Å². The molecule has 1 aromatic heterocycles. The molecular weight excluding hydrogens is 417 g/mol. The van der Waals surface area contributed by atoms with E-state index in [1.165, 1.54) is 12.1 Å². The molecule has 0 saturated heterocycles. The maximum atomic E-state index is 13.1. The second kappa shape index (κ2) is 8.17. The monoisotopic (exact) mass is 435 g/mol. The van der Waals surface area contributed by atoms with Crippen molar-refractivity contribution in [1.82, 2.24) is 4.90 Å². The molecule has 2 heterocycles. The lowest BCUT2D eigenvalue weighted by Gasteiger charge is -2.29. The van der Waals surface area contributed by atoms with Gasteiger partial charge in [0.2, 0.25) is 0 Å². The van der Waals surface area contributed by atoms with Crippen molar-refractivity contribution < 1.29 is 13.5 Å². The van der Waals surface area contributed by atoms with Gasteiger partial charge in [-0.2, -0.15) is 0 Å². The Morgan fingerprint density at radius 2 is 1.77 bits per heavy atom. The number of fused-ring (bicyclic) bond motifs is 3. The van der Waals surface area contributed by atoms with Gasteiger partial charge in [0.1, 0.15) is 23.9 Å². The molecule has 1 aliphatic heterocycles. The fourth-order valence-corrected chi connectivity index (χ4v) is 3.98. The summed E-state index contributed by atoms with van der Waals surface area (Å²) in [5.74, 6) is 0.492. The number of benzene rings is 3. The molecule has 0 radical (unpaired) electrons. The lowest BCUT2D eigenvalue weighted by Crippen LogP contribution is -2.33. The first kappa shape index (κ1) is 19.8. The van der Waals surface area contributed by atoms with Crippen LogP contribution in [0.3, 0.4) is 0 Å². The largest absolute Gasteiger partial charge is 0.478 e. The summed E-state index contributed by atoms with van der Waals surface area (Å²) in [6, 6.07) is 19.3. The molecule has 156 valence electrons. The first-order valence-electron chi connectivity index (χ1n) is 10.0. The van der Waals surface area contributed by atoms with E-state index in [9.17, 15) is 9.18 Å². The molecule has 0 spiro atoms. The van der Waals surface area contributed by atoms with Crippen LogP contribution in [0.5, 0.6) is 5.75 Å². The molecule has 3 aromatic carbocycles. The van der Waals surface area contributed by atoms with E-state index in [4.69, 9.17) is 20.8 Å². The fraction of sp³-hybridized carbons (Fsp3) is 0.160. The van der Waals surface area contributed by atoms with Crippen molar-refractivity contribution in [2.75, 3.05) is 13.3 Å². The van der Waals surface area contributed by atoms with Gasteiger partial charge >= 0.3 is 5.63 Å². The average molecular weight is 436 g/mol. The summed E-state index contributed by atoms with van der Waals surface area (Å²) in [4.78, 5) is 14.9. The first-order chi connectivity index (χ1) is 15.1. The van der Waals surface area contributed by atoms with Gasteiger partial charge in [0.15, 0.2) is 0 Å². The zero-order valence-electron chi connectivity index (χ0n) is 16.6. The van der Waals surface area contributed by atoms with E-state index in [1.807, 2.05) is 18.2 Å². The third kappa shape index (κ3) is 4.07. The Balaban J connectivity index is 1.43. The predicted octanol–water partition coefficient (Wildman–Crippen LogP) is 5.65. The van der Waals surface area contributed by atoms with Gasteiger partial charge in [-0.1, -0.05) is 35.9 Å². The first-order valence-corrected chi connectivity index (χ1v) is 10.4. The van der Waals surface area contributed by atoms with Crippen LogP contribution in [0.15, 0.2) is 75.9 Å². The van der Waals surface area contributed by atoms with Crippen LogP contribution < -0.4 is 10.4 Å². The molecule has 6 heteroatoms. The Hall–Kier alpha value is -3.15. The van der Waals surface area contributed by atoms with Crippen LogP contribution in [0, 0.1) is 5.82 Å². The third-order valence-electron chi connectivity index (χ3n) is 5.53. The van der Waals surface area contributed by atoms with Crippen LogP contribution in [0.1, 0.15) is 11.1 Å². The number of hydrogen-bond acceptors (Lipinski definition) is 4. The topological polar surface area (TPSA) is 42.7 Å². The highest BCUT2D eigenvalue weighted by molar-refractivity contribution is 6.30. The molecule has 0 amide bonds. The van der Waals surface area contributed by atoms with Crippen molar-refractivity contribution in [2.45, 2.75) is 13.0 Å². The molecule has 1 aliphatic rings. The summed E-state index contributed by atoms with van der Waals surface area (Å²) in [6.45, 7) is 1.80. The molecule has 31 heavy (non-hydrogen) atoms. The Kier molecular flexibility index (Phi) is 5.22. The summed E-state index contributed by atoms with van der Waals surface area (Å²) in [7, 11) is 0. The highest BCUT2D eigenvalue weighted by Gasteiger charge is 2.22. The molecule has 4 aromatic rings. The maximum absolute atomic E-state index is 13.1. The van der Waals surface area contributed by atoms with Crippen LogP contribution in [-0.4, -0.2) is 18.2 Å². The molecule has 0 N–H and O–H groups in total. The van der Waals surface area contributed by atoms with Gasteiger partial charge in [-0.15, -0.1) is 0 Å². The van der Waals surface area contributed by atoms with Crippen molar-refractivity contribution in [3.8, 4) is 16.9 Å². The van der Waals surface area contributed by atoms with Crippen LogP contribution in [-0.2, 0) is 13.0 Å². The van der Waals surface area contributed by atoms with Crippen LogP contribution in [0.2, 0.25) is 5.02 Å². The number of hydrogen-bond donors (Lipinski definition) is 0. The van der Waals surface area contributed by atoms with E-state index < -0.39 is 5.63 Å². The fourth-order valence-electron chi connectivity index (χ4n) is 3.85. The van der Waals surface area contributed by atoms with Crippen LogP contribution in [0.25, 0.3) is 22.1 Å². The molecule has 0 bridgehead atoms. The zero-order valence-corrected chi connectivity index (χ0v) is 17.4. The Bertz CT molecular complexity index is 1300. The van der Waals surface area contributed by atoms with E-state index in [0.717, 1.165) is 40.8 Å². The minimum atomic E-state index is -0.397. The summed E-state index contributed by atoms with van der Waals surface area (Å²) in [5, 5.41) is 1.45. The SMILES string of the molecule is O=c1oc2c3c(ccc2cc1-c1ccc(Cl)cc1)OCN(CCc1ccc(F)cc1)C3. The zero-order chi connectivity index (χ0) is 21.4. The summed E-state index contributed by atoms with van der Waals surface area (Å²) < 4.78 is 24.8. The third-order valence-corrected chi connectivity index (χ3v) is 5.78. The summed E-state index contributed by atoms with van der Waals surface area (Å²) in [6.07, 6.45) is 0.772. The van der Waals surface area contributed by atoms with Crippen LogP contribution in [0.4, 0.5) is 4.39 Å². The minimum Gasteiger partial charge on any atom is -0.478 e. The van der Waals surface area contributed by atoms with Crippen LogP contribution >= 0.6 is 11.6 Å². The number of rotatable bonds is 4. The Morgan fingerprint density at radius 3 is 2.55 bits per heavy atom. The van der Waals surface area contributed by atoms with Gasteiger partial charge in [0.05, 0.1) is 11.1 Å². The van der Waals surface area contributed by atoms with Crippen molar-refractivity contribution in [2.24, 2.45) is 0 Å². The van der Waals surface area contributed by atoms with E-state index in [2.05, 4.69) is 4.90 Å². The lowest BCUT2D eigenvalue weighted by molar-refractivity contribution is 0.0968. The second-order valence-corrected chi connectivity index (χ2v) is 8.05. The van der Waals surface area contributed by atoms with Crippen molar-refractivity contribution in [3.63, 3.8) is 0 Å². The van der Waals surface area contributed by atoms with Gasteiger partial charge in [0, 0.05) is 23.5 Å². The molecule has 0 aliphatic carbocycles. The highest BCUT2D eigenvalue weighted by Crippen LogP contribution is 2.33. The molecule has 4 nitrogen and oxygen atoms in total. The lowest BCUT2D eigenvalue weighted by atomic mass is 10.0. The highest BCUT2D eigenvalue weighted by atomic mass is 35.5. The maximum Gasteiger partial charge on any atom is 0.344 e. The van der Waals surface area contributed by atoms with Crippen molar-refractivity contribution >= 4 is 22.6 Å². The second-order valence-electron chi connectivity index (χ2n) is 7.62. The Morgan fingerprint density at radius 1 is 1.00 bits per heavy atom. The smallest absolute Gasteiger partial charge is 0.344 e. The number of nitrogens with zero attached hydrogens (tertiary/aromatic N) is 1. The van der Waals surface area contributed by atoms with E-state index in [-0.39, 0.29) is 5.82 Å². The normalized spacial score (nSPS) is 13.7. The molecule has 5 rings (SSSR count). The van der Waals surface area contributed by atoms with Gasteiger partial charge < -0.3 is 9.15 Å². The Labute approximate surface area is 183 Å². The average Bonchev–Trinajstić information content (AvgIpc) is 2.79. The van der Waals surface area contributed by atoms with Gasteiger partial charge in [-0.05, 0) is 60.0 Å². The van der Waals surface area contributed by atoms with Gasteiger partial charge in [0.25, 0.3) is 0 Å². The quantitative estimate of drug-likeness (QED) is 0.389. The molecule has 0 saturated carbocycles. The molecule has 0 unspecified atom stereocenters. The molecule has 0 atom stereocenters. The number of ether oxygens (including phenoxy) is 1. The molecule has 0 fully saturated rings. The predicted molar refractivity (Wildman–Crippen MR) is 119 cm³/mol. The van der Waals surface area contributed by atoms with E-state index in [0.29, 0.717) is 29.4 Å².